The van der Waals surface area contributed by atoms with E-state index in [1.54, 1.807) is 11.4 Å². The van der Waals surface area contributed by atoms with Gasteiger partial charge >= 0.3 is 0 Å². The summed E-state index contributed by atoms with van der Waals surface area (Å²) in [5.74, 6) is 0.807. The molecule has 0 aromatic heterocycles. The summed E-state index contributed by atoms with van der Waals surface area (Å²) in [7, 11) is -1.23. The Hall–Kier alpha value is -0.130. The van der Waals surface area contributed by atoms with Crippen LogP contribution in [-0.4, -0.2) is 45.2 Å². The Morgan fingerprint density at radius 2 is 2.20 bits per heavy atom. The fourth-order valence-electron chi connectivity index (χ4n) is 2.05. The van der Waals surface area contributed by atoms with Gasteiger partial charge in [-0.15, -0.1) is 0 Å². The Morgan fingerprint density at radius 3 is 2.80 bits per heavy atom. The summed E-state index contributed by atoms with van der Waals surface area (Å²) >= 11 is 0. The van der Waals surface area contributed by atoms with Crippen LogP contribution < -0.4 is 5.32 Å². The van der Waals surface area contributed by atoms with E-state index in [-0.39, 0.29) is 5.75 Å². The van der Waals surface area contributed by atoms with Gasteiger partial charge in [0.25, 0.3) is 0 Å². The van der Waals surface area contributed by atoms with Gasteiger partial charge in [-0.05, 0) is 25.8 Å². The average Bonchev–Trinajstić information content (AvgIpc) is 2.65. The van der Waals surface area contributed by atoms with Crippen molar-refractivity contribution in [3.8, 4) is 0 Å². The highest BCUT2D eigenvalue weighted by Crippen LogP contribution is 2.23. The Morgan fingerprint density at radius 1 is 1.47 bits per heavy atom. The quantitative estimate of drug-likeness (QED) is 0.734. The lowest BCUT2D eigenvalue weighted by Gasteiger charge is -2.16. The molecule has 1 N–H and O–H groups in total. The SMILES string of the molecule is CCCC1CCN(S(=O)(=O)CCNC)C1. The molecule has 1 fully saturated rings. The Labute approximate surface area is 93.1 Å². The van der Waals surface area contributed by atoms with Crippen molar-refractivity contribution < 1.29 is 8.42 Å². The van der Waals surface area contributed by atoms with Crippen molar-refractivity contribution in [3.05, 3.63) is 0 Å². The molecule has 0 radical (unpaired) electrons. The third-order valence-electron chi connectivity index (χ3n) is 2.95. The third-order valence-corrected chi connectivity index (χ3v) is 4.79. The number of nitrogens with one attached hydrogen (secondary N) is 1. The average molecular weight is 234 g/mol. The van der Waals surface area contributed by atoms with E-state index in [2.05, 4.69) is 12.2 Å². The van der Waals surface area contributed by atoms with E-state index in [0.29, 0.717) is 12.5 Å². The number of hydrogen-bond acceptors (Lipinski definition) is 3. The maximum absolute atomic E-state index is 11.8. The molecule has 0 bridgehead atoms. The smallest absolute Gasteiger partial charge is 0.215 e. The van der Waals surface area contributed by atoms with Crippen molar-refractivity contribution >= 4 is 10.0 Å². The molecule has 0 saturated carbocycles. The summed E-state index contributed by atoms with van der Waals surface area (Å²) in [4.78, 5) is 0. The van der Waals surface area contributed by atoms with Gasteiger partial charge in [0, 0.05) is 19.6 Å². The minimum atomic E-state index is -3.00. The zero-order chi connectivity index (χ0) is 11.3. The van der Waals surface area contributed by atoms with E-state index < -0.39 is 10.0 Å². The predicted octanol–water partition coefficient (Wildman–Crippen LogP) is 0.658. The van der Waals surface area contributed by atoms with Gasteiger partial charge in [0.15, 0.2) is 0 Å². The van der Waals surface area contributed by atoms with Gasteiger partial charge in [-0.1, -0.05) is 13.3 Å². The van der Waals surface area contributed by atoms with Crippen molar-refractivity contribution in [1.82, 2.24) is 9.62 Å². The number of hydrogen-bond donors (Lipinski definition) is 1. The normalized spacial score (nSPS) is 23.5. The molecule has 1 atom stereocenters. The van der Waals surface area contributed by atoms with E-state index in [1.165, 1.54) is 0 Å². The second-order valence-electron chi connectivity index (χ2n) is 4.22. The molecule has 0 amide bonds. The molecule has 0 aromatic rings. The third kappa shape index (κ3) is 3.74. The summed E-state index contributed by atoms with van der Waals surface area (Å²) in [5.41, 5.74) is 0. The zero-order valence-corrected chi connectivity index (χ0v) is 10.5. The highest BCUT2D eigenvalue weighted by Gasteiger charge is 2.30. The van der Waals surface area contributed by atoms with E-state index in [1.807, 2.05) is 0 Å². The van der Waals surface area contributed by atoms with Crippen LogP contribution >= 0.6 is 0 Å². The van der Waals surface area contributed by atoms with Crippen LogP contribution in [-0.2, 0) is 10.0 Å². The van der Waals surface area contributed by atoms with Crippen LogP contribution in [0.25, 0.3) is 0 Å². The lowest BCUT2D eigenvalue weighted by Crippen LogP contribution is -2.34. The monoisotopic (exact) mass is 234 g/mol. The fraction of sp³-hybridized carbons (Fsp3) is 1.00. The van der Waals surface area contributed by atoms with Crippen LogP contribution in [0.1, 0.15) is 26.2 Å². The lowest BCUT2D eigenvalue weighted by molar-refractivity contribution is 0.444. The molecule has 15 heavy (non-hydrogen) atoms. The van der Waals surface area contributed by atoms with Crippen molar-refractivity contribution in [2.75, 3.05) is 32.4 Å². The molecule has 0 aliphatic carbocycles. The molecule has 1 rings (SSSR count). The van der Waals surface area contributed by atoms with Crippen LogP contribution in [0, 0.1) is 5.92 Å². The maximum atomic E-state index is 11.8. The first kappa shape index (κ1) is 12.9. The van der Waals surface area contributed by atoms with Gasteiger partial charge in [-0.2, -0.15) is 0 Å². The summed E-state index contributed by atoms with van der Waals surface area (Å²) in [6.07, 6.45) is 3.33. The lowest BCUT2D eigenvalue weighted by atomic mass is 10.0. The van der Waals surface area contributed by atoms with E-state index >= 15 is 0 Å². The molecule has 1 aliphatic heterocycles. The fourth-order valence-corrected chi connectivity index (χ4v) is 3.60. The molecular formula is C10H22N2O2S. The molecule has 1 heterocycles. The largest absolute Gasteiger partial charge is 0.319 e. The van der Waals surface area contributed by atoms with Crippen molar-refractivity contribution in [2.24, 2.45) is 5.92 Å². The van der Waals surface area contributed by atoms with Gasteiger partial charge in [-0.25, -0.2) is 12.7 Å². The second-order valence-corrected chi connectivity index (χ2v) is 6.31. The molecular weight excluding hydrogens is 212 g/mol. The number of nitrogens with zero attached hydrogens (tertiary/aromatic N) is 1. The standard InChI is InChI=1S/C10H22N2O2S/c1-3-4-10-5-7-12(9-10)15(13,14)8-6-11-2/h10-11H,3-9H2,1-2H3. The van der Waals surface area contributed by atoms with Gasteiger partial charge in [0.1, 0.15) is 0 Å². The first-order valence-corrected chi connectivity index (χ1v) is 7.33. The summed E-state index contributed by atoms with van der Waals surface area (Å²) in [5, 5.41) is 2.88. The van der Waals surface area contributed by atoms with E-state index in [0.717, 1.165) is 32.4 Å². The molecule has 1 saturated heterocycles. The number of rotatable bonds is 6. The number of sulfonamides is 1. The first-order valence-electron chi connectivity index (χ1n) is 5.72. The zero-order valence-electron chi connectivity index (χ0n) is 9.70. The van der Waals surface area contributed by atoms with Crippen molar-refractivity contribution in [1.29, 1.82) is 0 Å². The van der Waals surface area contributed by atoms with Crippen LogP contribution in [0.15, 0.2) is 0 Å². The highest BCUT2D eigenvalue weighted by molar-refractivity contribution is 7.89. The van der Waals surface area contributed by atoms with Crippen LogP contribution in [0.4, 0.5) is 0 Å². The summed E-state index contributed by atoms with van der Waals surface area (Å²) in [6, 6.07) is 0. The van der Waals surface area contributed by atoms with Crippen molar-refractivity contribution in [2.45, 2.75) is 26.2 Å². The van der Waals surface area contributed by atoms with Crippen LogP contribution in [0.2, 0.25) is 0 Å². The maximum Gasteiger partial charge on any atom is 0.215 e. The topological polar surface area (TPSA) is 49.4 Å². The van der Waals surface area contributed by atoms with Gasteiger partial charge in [-0.3, -0.25) is 0 Å². The Bertz CT molecular complexity index is 277. The van der Waals surface area contributed by atoms with Gasteiger partial charge < -0.3 is 5.32 Å². The minimum absolute atomic E-state index is 0.225. The van der Waals surface area contributed by atoms with Crippen LogP contribution in [0.5, 0.6) is 0 Å². The first-order chi connectivity index (χ1) is 7.10. The molecule has 1 aliphatic rings. The summed E-state index contributed by atoms with van der Waals surface area (Å²) in [6.45, 7) is 4.14. The Kier molecular flexibility index (Phi) is 5.02. The Balaban J connectivity index is 2.45. The summed E-state index contributed by atoms with van der Waals surface area (Å²) < 4.78 is 25.3. The van der Waals surface area contributed by atoms with E-state index in [9.17, 15) is 8.42 Å². The van der Waals surface area contributed by atoms with Crippen molar-refractivity contribution in [3.63, 3.8) is 0 Å². The minimum Gasteiger partial charge on any atom is -0.319 e. The van der Waals surface area contributed by atoms with Gasteiger partial charge in [0.05, 0.1) is 5.75 Å². The van der Waals surface area contributed by atoms with Gasteiger partial charge in [0.2, 0.25) is 10.0 Å². The molecule has 0 aromatic carbocycles. The second kappa shape index (κ2) is 5.82. The molecule has 90 valence electrons. The molecule has 5 heteroatoms. The highest BCUT2D eigenvalue weighted by atomic mass is 32.2. The van der Waals surface area contributed by atoms with Crippen LogP contribution in [0.3, 0.4) is 0 Å². The molecule has 0 spiro atoms. The predicted molar refractivity (Wildman–Crippen MR) is 62.3 cm³/mol. The van der Waals surface area contributed by atoms with E-state index in [4.69, 9.17) is 0 Å². The molecule has 4 nitrogen and oxygen atoms in total. The molecule has 1 unspecified atom stereocenters.